The van der Waals surface area contributed by atoms with E-state index in [1.54, 1.807) is 19.1 Å². The predicted octanol–water partition coefficient (Wildman–Crippen LogP) is 3.18. The molecule has 0 spiro atoms. The molecule has 1 unspecified atom stereocenters. The second kappa shape index (κ2) is 5.32. The fraction of sp³-hybridized carbons (Fsp3) is 0.455. The van der Waals surface area contributed by atoms with E-state index in [2.05, 4.69) is 0 Å². The van der Waals surface area contributed by atoms with Gasteiger partial charge in [-0.25, -0.2) is 4.39 Å². The summed E-state index contributed by atoms with van der Waals surface area (Å²) in [5.41, 5.74) is 0.551. The molecule has 0 bridgehead atoms. The monoisotopic (exact) mass is 216 g/mol. The van der Waals surface area contributed by atoms with Crippen molar-refractivity contribution in [1.82, 2.24) is 0 Å². The van der Waals surface area contributed by atoms with Gasteiger partial charge in [0, 0.05) is 10.6 Å². The molecular formula is C11H14ClFO. The molecule has 0 saturated carbocycles. The Balaban J connectivity index is 2.58. The first kappa shape index (κ1) is 11.5. The Morgan fingerprint density at radius 3 is 2.79 bits per heavy atom. The van der Waals surface area contributed by atoms with Crippen molar-refractivity contribution in [2.45, 2.75) is 32.3 Å². The lowest BCUT2D eigenvalue weighted by Crippen LogP contribution is -2.01. The van der Waals surface area contributed by atoms with Crippen LogP contribution < -0.4 is 0 Å². The van der Waals surface area contributed by atoms with Crippen LogP contribution in [0.25, 0.3) is 0 Å². The van der Waals surface area contributed by atoms with Crippen LogP contribution in [0.4, 0.5) is 4.39 Å². The van der Waals surface area contributed by atoms with Crippen LogP contribution in [0.5, 0.6) is 0 Å². The molecule has 3 heteroatoms. The molecule has 1 atom stereocenters. The van der Waals surface area contributed by atoms with E-state index in [1.165, 1.54) is 6.07 Å². The van der Waals surface area contributed by atoms with E-state index < -0.39 is 0 Å². The lowest BCUT2D eigenvalue weighted by atomic mass is 10.1. The summed E-state index contributed by atoms with van der Waals surface area (Å²) in [7, 11) is 0. The highest BCUT2D eigenvalue weighted by atomic mass is 35.5. The van der Waals surface area contributed by atoms with E-state index in [9.17, 15) is 4.39 Å². The first-order chi connectivity index (χ1) is 6.61. The zero-order valence-electron chi connectivity index (χ0n) is 8.13. The maximum Gasteiger partial charge on any atom is 0.127 e. The fourth-order valence-corrected chi connectivity index (χ4v) is 1.60. The van der Waals surface area contributed by atoms with E-state index in [-0.39, 0.29) is 11.9 Å². The highest BCUT2D eigenvalue weighted by Gasteiger charge is 2.06. The average Bonchev–Trinajstić information content (AvgIpc) is 2.09. The molecule has 1 aromatic carbocycles. The fourth-order valence-electron chi connectivity index (χ4n) is 1.35. The molecule has 14 heavy (non-hydrogen) atoms. The Morgan fingerprint density at radius 1 is 1.50 bits per heavy atom. The van der Waals surface area contributed by atoms with Crippen LogP contribution in [-0.4, -0.2) is 11.2 Å². The molecule has 1 N–H and O–H groups in total. The van der Waals surface area contributed by atoms with E-state index >= 15 is 0 Å². The van der Waals surface area contributed by atoms with Crippen LogP contribution in [0.1, 0.15) is 25.3 Å². The van der Waals surface area contributed by atoms with Gasteiger partial charge in [-0.15, -0.1) is 0 Å². The second-order valence-corrected chi connectivity index (χ2v) is 3.85. The normalized spacial score (nSPS) is 12.9. The molecule has 0 aliphatic rings. The van der Waals surface area contributed by atoms with Gasteiger partial charge < -0.3 is 5.11 Å². The molecule has 0 aliphatic carbocycles. The summed E-state index contributed by atoms with van der Waals surface area (Å²) in [6.07, 6.45) is 1.67. The maximum atomic E-state index is 13.2. The summed E-state index contributed by atoms with van der Waals surface area (Å²) >= 11 is 5.84. The van der Waals surface area contributed by atoms with Crippen LogP contribution in [0.3, 0.4) is 0 Å². The summed E-state index contributed by atoms with van der Waals surface area (Å²) in [4.78, 5) is 0. The van der Waals surface area contributed by atoms with Crippen molar-refractivity contribution >= 4 is 11.6 Å². The molecule has 0 saturated heterocycles. The first-order valence-electron chi connectivity index (χ1n) is 4.72. The van der Waals surface area contributed by atoms with E-state index in [0.717, 1.165) is 6.42 Å². The van der Waals surface area contributed by atoms with Crippen LogP contribution in [0.15, 0.2) is 18.2 Å². The van der Waals surface area contributed by atoms with Crippen molar-refractivity contribution < 1.29 is 9.50 Å². The molecule has 0 heterocycles. The molecule has 0 aromatic heterocycles. The molecule has 0 radical (unpaired) electrons. The van der Waals surface area contributed by atoms with Crippen molar-refractivity contribution in [3.8, 4) is 0 Å². The van der Waals surface area contributed by atoms with Gasteiger partial charge >= 0.3 is 0 Å². The molecular weight excluding hydrogens is 203 g/mol. The lowest BCUT2D eigenvalue weighted by Gasteiger charge is -2.06. The zero-order chi connectivity index (χ0) is 10.6. The van der Waals surface area contributed by atoms with Crippen molar-refractivity contribution in [3.63, 3.8) is 0 Å². The third-order valence-corrected chi connectivity index (χ3v) is 2.46. The van der Waals surface area contributed by atoms with E-state index in [1.807, 2.05) is 0 Å². The number of benzene rings is 1. The van der Waals surface area contributed by atoms with Gasteiger partial charge in [-0.2, -0.15) is 0 Å². The van der Waals surface area contributed by atoms with E-state index in [4.69, 9.17) is 16.7 Å². The van der Waals surface area contributed by atoms with Crippen molar-refractivity contribution in [2.75, 3.05) is 0 Å². The van der Waals surface area contributed by atoms with Crippen molar-refractivity contribution in [3.05, 3.63) is 34.6 Å². The molecule has 0 amide bonds. The van der Waals surface area contributed by atoms with Gasteiger partial charge in [-0.1, -0.05) is 17.7 Å². The highest BCUT2D eigenvalue weighted by Crippen LogP contribution is 2.21. The SMILES string of the molecule is CC(O)CCCc1c(F)cccc1Cl. The molecule has 78 valence electrons. The Labute approximate surface area is 88.5 Å². The number of rotatable bonds is 4. The largest absolute Gasteiger partial charge is 0.393 e. The Morgan fingerprint density at radius 2 is 2.21 bits per heavy atom. The van der Waals surface area contributed by atoms with Crippen molar-refractivity contribution in [1.29, 1.82) is 0 Å². The van der Waals surface area contributed by atoms with E-state index in [0.29, 0.717) is 23.4 Å². The lowest BCUT2D eigenvalue weighted by molar-refractivity contribution is 0.181. The van der Waals surface area contributed by atoms with Crippen molar-refractivity contribution in [2.24, 2.45) is 0 Å². The molecule has 1 aromatic rings. The average molecular weight is 217 g/mol. The molecule has 1 nitrogen and oxygen atoms in total. The van der Waals surface area contributed by atoms with Gasteiger partial charge in [0.15, 0.2) is 0 Å². The highest BCUT2D eigenvalue weighted by molar-refractivity contribution is 6.31. The second-order valence-electron chi connectivity index (χ2n) is 3.44. The third kappa shape index (κ3) is 3.28. The standard InChI is InChI=1S/C11H14ClFO/c1-8(14)4-2-5-9-10(12)6-3-7-11(9)13/h3,6-8,14H,2,4-5H2,1H3. The topological polar surface area (TPSA) is 20.2 Å². The van der Waals surface area contributed by atoms with Gasteiger partial charge in [0.05, 0.1) is 6.10 Å². The van der Waals surface area contributed by atoms with Crippen LogP contribution in [0.2, 0.25) is 5.02 Å². The van der Waals surface area contributed by atoms with Gasteiger partial charge in [0.25, 0.3) is 0 Å². The maximum absolute atomic E-state index is 13.2. The number of aliphatic hydroxyl groups is 1. The zero-order valence-corrected chi connectivity index (χ0v) is 8.89. The van der Waals surface area contributed by atoms with Gasteiger partial charge in [0.2, 0.25) is 0 Å². The number of halogens is 2. The van der Waals surface area contributed by atoms with Gasteiger partial charge in [-0.05, 0) is 38.3 Å². The summed E-state index contributed by atoms with van der Waals surface area (Å²) in [6.45, 7) is 1.73. The summed E-state index contributed by atoms with van der Waals surface area (Å²) < 4.78 is 13.2. The predicted molar refractivity (Wildman–Crippen MR) is 56.0 cm³/mol. The van der Waals surface area contributed by atoms with Crippen LogP contribution in [0, 0.1) is 5.82 Å². The van der Waals surface area contributed by atoms with Gasteiger partial charge in [-0.3, -0.25) is 0 Å². The molecule has 0 fully saturated rings. The molecule has 1 rings (SSSR count). The summed E-state index contributed by atoms with van der Waals surface area (Å²) in [6, 6.07) is 4.68. The number of aliphatic hydroxyl groups excluding tert-OH is 1. The minimum atomic E-state index is -0.333. The quantitative estimate of drug-likeness (QED) is 0.820. The Hall–Kier alpha value is -0.600. The first-order valence-corrected chi connectivity index (χ1v) is 5.10. The minimum absolute atomic E-state index is 0.261. The Bertz CT molecular complexity index is 279. The van der Waals surface area contributed by atoms with Crippen LogP contribution >= 0.6 is 11.6 Å². The van der Waals surface area contributed by atoms with Crippen LogP contribution in [-0.2, 0) is 6.42 Å². The number of hydrogen-bond donors (Lipinski definition) is 1. The minimum Gasteiger partial charge on any atom is -0.393 e. The third-order valence-electron chi connectivity index (χ3n) is 2.11. The van der Waals surface area contributed by atoms with Gasteiger partial charge in [0.1, 0.15) is 5.82 Å². The summed E-state index contributed by atoms with van der Waals surface area (Å²) in [5.74, 6) is -0.261. The number of hydrogen-bond acceptors (Lipinski definition) is 1. The summed E-state index contributed by atoms with van der Waals surface area (Å²) in [5, 5.41) is 9.51. The molecule has 0 aliphatic heterocycles. The Kier molecular flexibility index (Phi) is 4.36. The smallest absolute Gasteiger partial charge is 0.127 e.